The molecule has 8 nitrogen and oxygen atoms in total. The Hall–Kier alpha value is -4.20. The SMILES string of the molecule is Cc1nn(-c2ccccc2)c(C)c1NC(=O)COC(=O)c1c(C)nn(Cc2ccccc2)c1C. The summed E-state index contributed by atoms with van der Waals surface area (Å²) >= 11 is 0. The van der Waals surface area contributed by atoms with Gasteiger partial charge in [-0.15, -0.1) is 0 Å². The molecular formula is C26H27N5O3. The van der Waals surface area contributed by atoms with Crippen LogP contribution < -0.4 is 5.32 Å². The number of nitrogens with zero attached hydrogens (tertiary/aromatic N) is 4. The van der Waals surface area contributed by atoms with E-state index in [1.165, 1.54) is 0 Å². The minimum Gasteiger partial charge on any atom is -0.452 e. The second kappa shape index (κ2) is 9.74. The fourth-order valence-electron chi connectivity index (χ4n) is 3.93. The maximum absolute atomic E-state index is 12.8. The van der Waals surface area contributed by atoms with Crippen LogP contribution in [0.4, 0.5) is 5.69 Å². The Bertz CT molecular complexity index is 1320. The number of para-hydroxylation sites is 1. The third-order valence-electron chi connectivity index (χ3n) is 5.65. The second-order valence-electron chi connectivity index (χ2n) is 8.11. The maximum atomic E-state index is 12.8. The molecule has 0 radical (unpaired) electrons. The highest BCUT2D eigenvalue weighted by Crippen LogP contribution is 2.23. The van der Waals surface area contributed by atoms with Gasteiger partial charge < -0.3 is 10.1 Å². The zero-order valence-electron chi connectivity index (χ0n) is 19.7. The van der Waals surface area contributed by atoms with Crippen molar-refractivity contribution in [2.45, 2.75) is 34.2 Å². The normalized spacial score (nSPS) is 10.8. The highest BCUT2D eigenvalue weighted by atomic mass is 16.5. The van der Waals surface area contributed by atoms with Gasteiger partial charge in [-0.1, -0.05) is 48.5 Å². The van der Waals surface area contributed by atoms with E-state index in [2.05, 4.69) is 15.5 Å². The molecule has 0 saturated carbocycles. The van der Waals surface area contributed by atoms with Gasteiger partial charge in [0.2, 0.25) is 0 Å². The van der Waals surface area contributed by atoms with Crippen molar-refractivity contribution < 1.29 is 14.3 Å². The molecule has 1 N–H and O–H groups in total. The van der Waals surface area contributed by atoms with Gasteiger partial charge in [-0.05, 0) is 45.4 Å². The minimum atomic E-state index is -0.571. The Morgan fingerprint density at radius 1 is 0.853 bits per heavy atom. The Morgan fingerprint density at radius 3 is 2.18 bits per heavy atom. The predicted octanol–water partition coefficient (Wildman–Crippen LogP) is 4.15. The molecule has 0 bridgehead atoms. The summed E-state index contributed by atoms with van der Waals surface area (Å²) in [7, 11) is 0. The first kappa shape index (κ1) is 23.0. The first-order valence-electron chi connectivity index (χ1n) is 11.0. The van der Waals surface area contributed by atoms with Crippen molar-refractivity contribution in [1.82, 2.24) is 19.6 Å². The number of anilines is 1. The molecule has 0 fully saturated rings. The lowest BCUT2D eigenvalue weighted by Crippen LogP contribution is -2.22. The summed E-state index contributed by atoms with van der Waals surface area (Å²) in [5.41, 5.74) is 5.69. The van der Waals surface area contributed by atoms with E-state index in [1.54, 1.807) is 16.3 Å². The lowest BCUT2D eigenvalue weighted by atomic mass is 10.2. The molecular weight excluding hydrogens is 430 g/mol. The first-order chi connectivity index (χ1) is 16.3. The van der Waals surface area contributed by atoms with Crippen molar-refractivity contribution in [1.29, 1.82) is 0 Å². The Kier molecular flexibility index (Phi) is 6.58. The summed E-state index contributed by atoms with van der Waals surface area (Å²) in [6, 6.07) is 19.5. The van der Waals surface area contributed by atoms with Crippen molar-refractivity contribution in [3.63, 3.8) is 0 Å². The van der Waals surface area contributed by atoms with Crippen molar-refractivity contribution in [3.05, 3.63) is 94.6 Å². The molecule has 0 aliphatic rings. The van der Waals surface area contributed by atoms with Gasteiger partial charge in [0.1, 0.15) is 5.56 Å². The first-order valence-corrected chi connectivity index (χ1v) is 11.0. The van der Waals surface area contributed by atoms with Crippen LogP contribution in [0.15, 0.2) is 60.7 Å². The van der Waals surface area contributed by atoms with Gasteiger partial charge in [0, 0.05) is 0 Å². The van der Waals surface area contributed by atoms with Crippen LogP contribution in [-0.4, -0.2) is 38.0 Å². The minimum absolute atomic E-state index is 0.382. The van der Waals surface area contributed by atoms with E-state index < -0.39 is 18.5 Å². The zero-order chi connectivity index (χ0) is 24.2. The molecule has 0 atom stereocenters. The number of rotatable bonds is 7. The van der Waals surface area contributed by atoms with E-state index in [1.807, 2.05) is 81.4 Å². The van der Waals surface area contributed by atoms with E-state index in [9.17, 15) is 9.59 Å². The summed E-state index contributed by atoms with van der Waals surface area (Å²) in [6.07, 6.45) is 0. The number of aryl methyl sites for hydroxylation is 2. The molecule has 0 unspecified atom stereocenters. The summed E-state index contributed by atoms with van der Waals surface area (Å²) in [4.78, 5) is 25.3. The monoisotopic (exact) mass is 457 g/mol. The van der Waals surface area contributed by atoms with Crippen molar-refractivity contribution in [2.75, 3.05) is 11.9 Å². The Labute approximate surface area is 198 Å². The van der Waals surface area contributed by atoms with E-state index in [0.717, 1.165) is 16.9 Å². The van der Waals surface area contributed by atoms with Crippen molar-refractivity contribution in [2.24, 2.45) is 0 Å². The lowest BCUT2D eigenvalue weighted by molar-refractivity contribution is -0.119. The smallest absolute Gasteiger partial charge is 0.342 e. The van der Waals surface area contributed by atoms with E-state index in [0.29, 0.717) is 34.9 Å². The van der Waals surface area contributed by atoms with Crippen LogP contribution in [0.25, 0.3) is 5.69 Å². The van der Waals surface area contributed by atoms with Gasteiger partial charge >= 0.3 is 5.97 Å². The fourth-order valence-corrected chi connectivity index (χ4v) is 3.93. The van der Waals surface area contributed by atoms with Crippen LogP contribution in [-0.2, 0) is 16.1 Å². The fraction of sp³-hybridized carbons (Fsp3) is 0.231. The number of ether oxygens (including phenoxy) is 1. The topological polar surface area (TPSA) is 91.0 Å². The molecule has 0 aliphatic heterocycles. The van der Waals surface area contributed by atoms with Gasteiger partial charge in [0.15, 0.2) is 6.61 Å². The Morgan fingerprint density at radius 2 is 1.50 bits per heavy atom. The highest BCUT2D eigenvalue weighted by molar-refractivity contribution is 5.97. The Balaban J connectivity index is 1.41. The van der Waals surface area contributed by atoms with Crippen LogP contribution in [0.5, 0.6) is 0 Å². The van der Waals surface area contributed by atoms with Crippen LogP contribution >= 0.6 is 0 Å². The molecule has 2 aromatic carbocycles. The average Bonchev–Trinajstić information content (AvgIpc) is 3.27. The van der Waals surface area contributed by atoms with Gasteiger partial charge in [-0.25, -0.2) is 9.48 Å². The summed E-state index contributed by atoms with van der Waals surface area (Å²) in [5, 5.41) is 11.8. The van der Waals surface area contributed by atoms with Crippen LogP contribution in [0, 0.1) is 27.7 Å². The molecule has 34 heavy (non-hydrogen) atoms. The average molecular weight is 458 g/mol. The molecule has 1 amide bonds. The number of carbonyl (C=O) groups excluding carboxylic acids is 2. The van der Waals surface area contributed by atoms with E-state index in [-0.39, 0.29) is 0 Å². The van der Waals surface area contributed by atoms with Crippen molar-refractivity contribution >= 4 is 17.6 Å². The maximum Gasteiger partial charge on any atom is 0.342 e. The standard InChI is InChI=1S/C26H27N5O3/c1-17-24(19(3)30(28-17)15-21-11-7-5-8-12-21)26(33)34-16-23(32)27-25-18(2)29-31(20(25)4)22-13-9-6-10-14-22/h5-14H,15-16H2,1-4H3,(H,27,32). The number of benzene rings is 2. The number of amides is 1. The quantitative estimate of drug-likeness (QED) is 0.421. The molecule has 4 aromatic rings. The number of hydrogen-bond acceptors (Lipinski definition) is 5. The number of esters is 1. The summed E-state index contributed by atoms with van der Waals surface area (Å²) in [6.45, 7) is 7.42. The molecule has 2 aromatic heterocycles. The second-order valence-corrected chi connectivity index (χ2v) is 8.11. The summed E-state index contributed by atoms with van der Waals surface area (Å²) in [5.74, 6) is -1.00. The zero-order valence-corrected chi connectivity index (χ0v) is 19.7. The van der Waals surface area contributed by atoms with E-state index >= 15 is 0 Å². The number of nitrogens with one attached hydrogen (secondary N) is 1. The third-order valence-corrected chi connectivity index (χ3v) is 5.65. The summed E-state index contributed by atoms with van der Waals surface area (Å²) < 4.78 is 8.87. The van der Waals surface area contributed by atoms with Crippen molar-refractivity contribution in [3.8, 4) is 5.69 Å². The van der Waals surface area contributed by atoms with Gasteiger partial charge in [-0.3, -0.25) is 9.48 Å². The van der Waals surface area contributed by atoms with Gasteiger partial charge in [0.05, 0.1) is 40.7 Å². The largest absolute Gasteiger partial charge is 0.452 e. The van der Waals surface area contributed by atoms with Gasteiger partial charge in [-0.2, -0.15) is 10.2 Å². The molecule has 0 aliphatic carbocycles. The van der Waals surface area contributed by atoms with Crippen LogP contribution in [0.1, 0.15) is 38.7 Å². The third kappa shape index (κ3) is 4.76. The lowest BCUT2D eigenvalue weighted by Gasteiger charge is -2.08. The molecule has 2 heterocycles. The number of carbonyl (C=O) groups is 2. The van der Waals surface area contributed by atoms with E-state index in [4.69, 9.17) is 4.74 Å². The molecule has 0 spiro atoms. The predicted molar refractivity (Wildman–Crippen MR) is 129 cm³/mol. The molecule has 8 heteroatoms. The molecule has 4 rings (SSSR count). The highest BCUT2D eigenvalue weighted by Gasteiger charge is 2.22. The van der Waals surface area contributed by atoms with Crippen LogP contribution in [0.3, 0.4) is 0 Å². The number of hydrogen-bond donors (Lipinski definition) is 1. The van der Waals surface area contributed by atoms with Gasteiger partial charge in [0.25, 0.3) is 5.91 Å². The number of aromatic nitrogens is 4. The molecule has 174 valence electrons. The van der Waals surface area contributed by atoms with Crippen LogP contribution in [0.2, 0.25) is 0 Å². The molecule has 0 saturated heterocycles.